The zero-order chi connectivity index (χ0) is 12.6. The molecule has 1 aliphatic rings. The minimum absolute atomic E-state index is 0.0849. The molecule has 0 aromatic carbocycles. The first-order chi connectivity index (χ1) is 7.93. The number of rotatable bonds is 5. The molecule has 1 fully saturated rings. The van der Waals surface area contributed by atoms with Gasteiger partial charge in [-0.2, -0.15) is 0 Å². The van der Waals surface area contributed by atoms with Gasteiger partial charge in [0.25, 0.3) is 15.2 Å². The van der Waals surface area contributed by atoms with Gasteiger partial charge in [0, 0.05) is 12.5 Å². The molecule has 0 aliphatic heterocycles. The van der Waals surface area contributed by atoms with E-state index >= 15 is 0 Å². The summed E-state index contributed by atoms with van der Waals surface area (Å²) in [6, 6.07) is 0.220. The van der Waals surface area contributed by atoms with Crippen LogP contribution in [0.15, 0.2) is 5.16 Å². The predicted octanol–water partition coefficient (Wildman–Crippen LogP) is 0.849. The number of hydrogen-bond donors (Lipinski definition) is 1. The minimum atomic E-state index is -3.77. The fourth-order valence-corrected chi connectivity index (χ4v) is 2.48. The lowest BCUT2D eigenvalue weighted by atomic mass is 10.1. The van der Waals surface area contributed by atoms with Gasteiger partial charge in [0.05, 0.1) is 0 Å². The van der Waals surface area contributed by atoms with Crippen molar-refractivity contribution in [2.45, 2.75) is 50.7 Å². The standard InChI is InChI=1S/C10H18N4O2S/c1-3-7(2)6-9-12-13-10(17(11,15)16)14(9)8-4-5-8/h7-8H,3-6H2,1-2H3,(H2,11,15,16). The number of nitrogens with zero attached hydrogens (tertiary/aromatic N) is 3. The van der Waals surface area contributed by atoms with Gasteiger partial charge < -0.3 is 0 Å². The Morgan fingerprint density at radius 2 is 2.12 bits per heavy atom. The van der Waals surface area contributed by atoms with E-state index in [-0.39, 0.29) is 11.2 Å². The molecular weight excluding hydrogens is 240 g/mol. The number of hydrogen-bond acceptors (Lipinski definition) is 4. The van der Waals surface area contributed by atoms with Crippen LogP contribution in [-0.2, 0) is 16.4 Å². The molecule has 1 unspecified atom stereocenters. The molecule has 0 bridgehead atoms. The maximum atomic E-state index is 11.4. The van der Waals surface area contributed by atoms with Crippen LogP contribution in [0.25, 0.3) is 0 Å². The highest BCUT2D eigenvalue weighted by atomic mass is 32.2. The molecule has 2 N–H and O–H groups in total. The van der Waals surface area contributed by atoms with Gasteiger partial charge in [0.15, 0.2) is 0 Å². The van der Waals surface area contributed by atoms with Crippen molar-refractivity contribution in [1.29, 1.82) is 0 Å². The summed E-state index contributed by atoms with van der Waals surface area (Å²) in [5, 5.41) is 12.8. The SMILES string of the molecule is CCC(C)Cc1nnc(S(N)(=O)=O)n1C1CC1. The quantitative estimate of drug-likeness (QED) is 0.847. The predicted molar refractivity (Wildman–Crippen MR) is 62.8 cm³/mol. The molecule has 0 spiro atoms. The highest BCUT2D eigenvalue weighted by molar-refractivity contribution is 7.89. The average Bonchev–Trinajstić information content (AvgIpc) is 2.98. The summed E-state index contributed by atoms with van der Waals surface area (Å²) in [4.78, 5) is 0. The van der Waals surface area contributed by atoms with Gasteiger partial charge in [-0.3, -0.25) is 4.57 Å². The second-order valence-corrected chi connectivity index (χ2v) is 6.22. The molecular formula is C10H18N4O2S. The van der Waals surface area contributed by atoms with Crippen molar-refractivity contribution in [2.75, 3.05) is 0 Å². The summed E-state index contributed by atoms with van der Waals surface area (Å²) < 4.78 is 24.5. The summed E-state index contributed by atoms with van der Waals surface area (Å²) in [7, 11) is -3.77. The Bertz CT molecular complexity index is 504. The van der Waals surface area contributed by atoms with E-state index in [9.17, 15) is 8.42 Å². The van der Waals surface area contributed by atoms with Crippen LogP contribution in [0.1, 0.15) is 45.0 Å². The number of nitrogens with two attached hydrogens (primary N) is 1. The molecule has 96 valence electrons. The van der Waals surface area contributed by atoms with Crippen LogP contribution in [0.2, 0.25) is 0 Å². The maximum Gasteiger partial charge on any atom is 0.273 e. The Balaban J connectivity index is 2.37. The molecule has 1 aromatic rings. The summed E-state index contributed by atoms with van der Waals surface area (Å²) >= 11 is 0. The largest absolute Gasteiger partial charge is 0.298 e. The molecule has 1 heterocycles. The summed E-state index contributed by atoms with van der Waals surface area (Å²) in [5.74, 6) is 1.20. The van der Waals surface area contributed by atoms with Crippen LogP contribution in [0, 0.1) is 5.92 Å². The number of sulfonamides is 1. The van der Waals surface area contributed by atoms with Crippen molar-refractivity contribution in [3.63, 3.8) is 0 Å². The Labute approximate surface area is 101 Å². The summed E-state index contributed by atoms with van der Waals surface area (Å²) in [6.45, 7) is 4.21. The van der Waals surface area contributed by atoms with Gasteiger partial charge in [-0.1, -0.05) is 20.3 Å². The molecule has 7 heteroatoms. The van der Waals surface area contributed by atoms with Crippen molar-refractivity contribution in [3.8, 4) is 0 Å². The third kappa shape index (κ3) is 2.66. The first-order valence-electron chi connectivity index (χ1n) is 5.90. The van der Waals surface area contributed by atoms with Crippen molar-refractivity contribution >= 4 is 10.0 Å². The average molecular weight is 258 g/mol. The van der Waals surface area contributed by atoms with Gasteiger partial charge >= 0.3 is 0 Å². The second kappa shape index (κ2) is 4.38. The maximum absolute atomic E-state index is 11.4. The number of aromatic nitrogens is 3. The zero-order valence-corrected chi connectivity index (χ0v) is 10.9. The van der Waals surface area contributed by atoms with E-state index in [0.717, 1.165) is 31.5 Å². The zero-order valence-electron chi connectivity index (χ0n) is 10.1. The molecule has 2 rings (SSSR count). The van der Waals surface area contributed by atoms with Crippen LogP contribution in [0.3, 0.4) is 0 Å². The van der Waals surface area contributed by atoms with Gasteiger partial charge in [-0.05, 0) is 18.8 Å². The highest BCUT2D eigenvalue weighted by Gasteiger charge is 2.33. The van der Waals surface area contributed by atoms with Crippen molar-refractivity contribution < 1.29 is 8.42 Å². The Kier molecular flexibility index (Phi) is 3.22. The van der Waals surface area contributed by atoms with Crippen molar-refractivity contribution in [1.82, 2.24) is 14.8 Å². The normalized spacial score (nSPS) is 18.3. The van der Waals surface area contributed by atoms with Crippen molar-refractivity contribution in [3.05, 3.63) is 5.82 Å². The third-order valence-electron chi connectivity index (χ3n) is 3.13. The summed E-state index contributed by atoms with van der Waals surface area (Å²) in [5.41, 5.74) is 0. The van der Waals surface area contributed by atoms with E-state index in [2.05, 4.69) is 24.0 Å². The highest BCUT2D eigenvalue weighted by Crippen LogP contribution is 2.37. The van der Waals surface area contributed by atoms with Crippen LogP contribution < -0.4 is 5.14 Å². The fourth-order valence-electron chi connectivity index (χ4n) is 1.80. The van der Waals surface area contributed by atoms with Gasteiger partial charge in [0.2, 0.25) is 0 Å². The number of primary sulfonamides is 1. The Hall–Kier alpha value is -0.950. The molecule has 1 saturated carbocycles. The monoisotopic (exact) mass is 258 g/mol. The Morgan fingerprint density at radius 3 is 2.59 bits per heavy atom. The smallest absolute Gasteiger partial charge is 0.273 e. The van der Waals surface area contributed by atoms with E-state index in [1.165, 1.54) is 0 Å². The molecule has 6 nitrogen and oxygen atoms in total. The lowest BCUT2D eigenvalue weighted by molar-refractivity contribution is 0.507. The summed E-state index contributed by atoms with van der Waals surface area (Å²) in [6.07, 6.45) is 3.74. The van der Waals surface area contributed by atoms with E-state index in [1.54, 1.807) is 4.57 Å². The van der Waals surface area contributed by atoms with E-state index in [4.69, 9.17) is 5.14 Å². The Morgan fingerprint density at radius 1 is 1.47 bits per heavy atom. The van der Waals surface area contributed by atoms with Crippen molar-refractivity contribution in [2.24, 2.45) is 11.1 Å². The van der Waals surface area contributed by atoms with Gasteiger partial charge in [0.1, 0.15) is 5.82 Å². The lowest BCUT2D eigenvalue weighted by Gasteiger charge is -2.10. The van der Waals surface area contributed by atoms with Crippen LogP contribution in [0.5, 0.6) is 0 Å². The first kappa shape index (κ1) is 12.5. The molecule has 0 saturated heterocycles. The van der Waals surface area contributed by atoms with Gasteiger partial charge in [-0.25, -0.2) is 13.6 Å². The second-order valence-electron chi connectivity index (χ2n) is 4.76. The molecule has 1 aliphatic carbocycles. The topological polar surface area (TPSA) is 90.9 Å². The third-order valence-corrected chi connectivity index (χ3v) is 3.92. The van der Waals surface area contributed by atoms with E-state index < -0.39 is 10.0 Å². The fraction of sp³-hybridized carbons (Fsp3) is 0.800. The molecule has 17 heavy (non-hydrogen) atoms. The molecule has 1 aromatic heterocycles. The van der Waals surface area contributed by atoms with Crippen LogP contribution >= 0.6 is 0 Å². The van der Waals surface area contributed by atoms with Crippen LogP contribution in [-0.4, -0.2) is 23.2 Å². The first-order valence-corrected chi connectivity index (χ1v) is 7.44. The molecule has 0 amide bonds. The molecule has 1 atom stereocenters. The lowest BCUT2D eigenvalue weighted by Crippen LogP contribution is -2.19. The minimum Gasteiger partial charge on any atom is -0.298 e. The van der Waals surface area contributed by atoms with Gasteiger partial charge in [-0.15, -0.1) is 10.2 Å². The molecule has 0 radical (unpaired) electrons. The van der Waals surface area contributed by atoms with Crippen LogP contribution in [0.4, 0.5) is 0 Å². The van der Waals surface area contributed by atoms with E-state index in [1.807, 2.05) is 0 Å². The van der Waals surface area contributed by atoms with E-state index in [0.29, 0.717) is 5.92 Å².